The van der Waals surface area contributed by atoms with Crippen molar-refractivity contribution in [1.29, 1.82) is 0 Å². The molecule has 1 aliphatic heterocycles. The molecule has 0 saturated carbocycles. The van der Waals surface area contributed by atoms with Gasteiger partial charge in [0.25, 0.3) is 5.91 Å². The summed E-state index contributed by atoms with van der Waals surface area (Å²) < 4.78 is 17.4. The third-order valence-corrected chi connectivity index (χ3v) is 9.66. The molecule has 0 aliphatic carbocycles. The van der Waals surface area contributed by atoms with E-state index in [1.54, 1.807) is 43.5 Å². The number of carbonyl (C=O) groups is 3. The Morgan fingerprint density at radius 2 is 1.70 bits per heavy atom. The van der Waals surface area contributed by atoms with Crippen LogP contribution in [0.3, 0.4) is 0 Å². The summed E-state index contributed by atoms with van der Waals surface area (Å²) in [6, 6.07) is 21.2. The van der Waals surface area contributed by atoms with Crippen molar-refractivity contribution in [3.05, 3.63) is 113 Å². The number of rotatable bonds is 13. The van der Waals surface area contributed by atoms with Crippen LogP contribution in [-0.2, 0) is 16.6 Å². The van der Waals surface area contributed by atoms with E-state index in [9.17, 15) is 14.4 Å². The molecule has 5 aromatic rings. The number of aromatic nitrogens is 2. The van der Waals surface area contributed by atoms with Gasteiger partial charge in [0.1, 0.15) is 11.6 Å². The Balaban J connectivity index is 1.17. The lowest BCUT2D eigenvalue weighted by Crippen LogP contribution is -2.41. The van der Waals surface area contributed by atoms with E-state index in [1.165, 1.54) is 7.11 Å². The van der Waals surface area contributed by atoms with Crippen LogP contribution in [0.25, 0.3) is 10.8 Å². The summed E-state index contributed by atoms with van der Waals surface area (Å²) in [6.07, 6.45) is 7.99. The van der Waals surface area contributed by atoms with Crippen molar-refractivity contribution >= 4 is 39.9 Å². The normalized spacial score (nSPS) is 13.1. The van der Waals surface area contributed by atoms with Crippen LogP contribution >= 0.6 is 0 Å². The quantitative estimate of drug-likeness (QED) is 0.0815. The molecule has 12 nitrogen and oxygen atoms in total. The zero-order valence-corrected chi connectivity index (χ0v) is 33.0. The number of nitrogens with one attached hydrogen (secondary N) is 3. The fourth-order valence-electron chi connectivity index (χ4n) is 6.60. The molecule has 3 N–H and O–H groups in total. The predicted molar refractivity (Wildman–Crippen MR) is 222 cm³/mol. The van der Waals surface area contributed by atoms with Gasteiger partial charge in [-0.2, -0.15) is 4.98 Å². The second-order valence-electron chi connectivity index (χ2n) is 14.7. The van der Waals surface area contributed by atoms with Gasteiger partial charge in [0.2, 0.25) is 5.88 Å². The van der Waals surface area contributed by atoms with Crippen molar-refractivity contribution in [1.82, 2.24) is 20.2 Å². The first-order valence-electron chi connectivity index (χ1n) is 19.0. The average Bonchev–Trinajstić information content (AvgIpc) is 3.21. The lowest BCUT2D eigenvalue weighted by atomic mass is 9.85. The summed E-state index contributed by atoms with van der Waals surface area (Å²) in [6.45, 7) is 12.3. The Morgan fingerprint density at radius 1 is 0.947 bits per heavy atom. The van der Waals surface area contributed by atoms with Gasteiger partial charge >= 0.3 is 6.03 Å². The van der Waals surface area contributed by atoms with Crippen LogP contribution in [0.5, 0.6) is 17.4 Å². The van der Waals surface area contributed by atoms with E-state index in [4.69, 9.17) is 20.6 Å². The van der Waals surface area contributed by atoms with Crippen molar-refractivity contribution in [2.75, 3.05) is 57.1 Å². The Hall–Kier alpha value is -6.29. The number of Topliss-reactive ketones (excluding diaryl/α,β-unsaturated/α-hetero) is 1. The molecule has 1 aromatic heterocycles. The Bertz CT molecular complexity index is 2320. The van der Waals surface area contributed by atoms with Crippen molar-refractivity contribution in [3.8, 4) is 29.7 Å². The first-order valence-corrected chi connectivity index (χ1v) is 19.0. The SMILES string of the molecule is C#Cc1cc(Cc2nccc(Oc3ccc(NC(=O)Nc4cc(C(C)(C)C)cc(C(=O)CC)c4OC)c4ccccc34)n2)cc(C(=O)NCCN2CCOCC2)c1. The predicted octanol–water partition coefficient (Wildman–Crippen LogP) is 7.60. The van der Waals surface area contributed by atoms with Crippen LogP contribution in [0, 0.1) is 12.3 Å². The fourth-order valence-corrected chi connectivity index (χ4v) is 6.60. The van der Waals surface area contributed by atoms with E-state index < -0.39 is 6.03 Å². The number of methoxy groups -OCH3 is 1. The number of ketones is 1. The van der Waals surface area contributed by atoms with Gasteiger partial charge in [-0.1, -0.05) is 57.9 Å². The largest absolute Gasteiger partial charge is 0.494 e. The van der Waals surface area contributed by atoms with Crippen LogP contribution in [0.4, 0.5) is 16.2 Å². The maximum atomic E-state index is 13.5. The molecule has 0 unspecified atom stereocenters. The van der Waals surface area contributed by atoms with E-state index in [-0.39, 0.29) is 17.1 Å². The molecule has 3 amide bonds. The molecule has 1 aliphatic rings. The van der Waals surface area contributed by atoms with Crippen LogP contribution < -0.4 is 25.4 Å². The third-order valence-electron chi connectivity index (χ3n) is 9.66. The summed E-state index contributed by atoms with van der Waals surface area (Å²) in [5.41, 5.74) is 3.81. The standard InChI is InChI=1S/C45H48N6O6/c1-7-29-23-30(25-31(24-29)43(53)47-17-18-51-19-21-56-22-20-51)26-40-46-16-15-41(50-40)57-39-14-13-36(33-11-9-10-12-34(33)39)48-44(54)49-37-28-32(45(3,4)5)27-35(38(52)8-2)42(37)55-6/h1,9-16,23-25,27-28H,8,17-22,26H2,2-6H3,(H,47,53)(H2,48,49,54). The fraction of sp³-hybridized carbons (Fsp3) is 0.311. The van der Waals surface area contributed by atoms with Gasteiger partial charge in [-0.05, 0) is 59.0 Å². The van der Waals surface area contributed by atoms with E-state index in [2.05, 4.69) is 36.7 Å². The summed E-state index contributed by atoms with van der Waals surface area (Å²) >= 11 is 0. The Morgan fingerprint density at radius 3 is 2.42 bits per heavy atom. The van der Waals surface area contributed by atoms with Crippen molar-refractivity contribution < 1.29 is 28.6 Å². The zero-order valence-electron chi connectivity index (χ0n) is 33.0. The molecule has 0 radical (unpaired) electrons. The van der Waals surface area contributed by atoms with Crippen molar-refractivity contribution in [3.63, 3.8) is 0 Å². The maximum Gasteiger partial charge on any atom is 0.323 e. The number of carbonyl (C=O) groups excluding carboxylic acids is 3. The highest BCUT2D eigenvalue weighted by Gasteiger charge is 2.24. The summed E-state index contributed by atoms with van der Waals surface area (Å²) in [5, 5.41) is 10.3. The minimum atomic E-state index is -0.504. The molecule has 0 spiro atoms. The molecule has 1 fully saturated rings. The molecule has 1 saturated heterocycles. The number of benzene rings is 4. The monoisotopic (exact) mass is 768 g/mol. The highest BCUT2D eigenvalue weighted by atomic mass is 16.5. The second-order valence-corrected chi connectivity index (χ2v) is 14.7. The van der Waals surface area contributed by atoms with E-state index in [0.717, 1.165) is 41.5 Å². The number of anilines is 2. The third kappa shape index (κ3) is 10.1. The van der Waals surface area contributed by atoms with Gasteiger partial charge in [0.05, 0.1) is 37.3 Å². The van der Waals surface area contributed by atoms with Crippen molar-refractivity contribution in [2.45, 2.75) is 46.0 Å². The van der Waals surface area contributed by atoms with Crippen LogP contribution in [0.1, 0.15) is 77.3 Å². The van der Waals surface area contributed by atoms with Gasteiger partial charge in [0, 0.05) is 73.2 Å². The topological polar surface area (TPSA) is 144 Å². The summed E-state index contributed by atoms with van der Waals surface area (Å²) in [7, 11) is 1.48. The summed E-state index contributed by atoms with van der Waals surface area (Å²) in [5.74, 6) is 4.00. The van der Waals surface area contributed by atoms with E-state index in [0.29, 0.717) is 83.9 Å². The number of hydrogen-bond acceptors (Lipinski definition) is 9. The smallest absolute Gasteiger partial charge is 0.323 e. The summed E-state index contributed by atoms with van der Waals surface area (Å²) in [4.78, 5) is 50.9. The van der Waals surface area contributed by atoms with Crippen LogP contribution in [0.15, 0.2) is 79.0 Å². The highest BCUT2D eigenvalue weighted by Crippen LogP contribution is 2.37. The lowest BCUT2D eigenvalue weighted by molar-refractivity contribution is 0.0383. The van der Waals surface area contributed by atoms with E-state index >= 15 is 0 Å². The molecule has 12 heteroatoms. The number of hydrogen-bond donors (Lipinski definition) is 3. The number of fused-ring (bicyclic) bond motifs is 1. The average molecular weight is 769 g/mol. The number of morpholine rings is 1. The van der Waals surface area contributed by atoms with Gasteiger partial charge in [-0.25, -0.2) is 9.78 Å². The minimum absolute atomic E-state index is 0.0822. The second kappa shape index (κ2) is 18.1. The molecular weight excluding hydrogens is 721 g/mol. The molecule has 57 heavy (non-hydrogen) atoms. The first-order chi connectivity index (χ1) is 27.4. The van der Waals surface area contributed by atoms with Crippen LogP contribution in [-0.4, -0.2) is 79.1 Å². The van der Waals surface area contributed by atoms with Gasteiger partial charge in [-0.3, -0.25) is 14.5 Å². The molecule has 294 valence electrons. The van der Waals surface area contributed by atoms with E-state index in [1.807, 2.05) is 63.2 Å². The molecule has 6 rings (SSSR count). The molecule has 2 heterocycles. The molecular formula is C45H48N6O6. The molecule has 0 bridgehead atoms. The maximum absolute atomic E-state index is 13.5. The minimum Gasteiger partial charge on any atom is -0.494 e. The van der Waals surface area contributed by atoms with Gasteiger partial charge in [-0.15, -0.1) is 6.42 Å². The van der Waals surface area contributed by atoms with Gasteiger partial charge < -0.3 is 30.2 Å². The number of urea groups is 1. The Labute approximate surface area is 333 Å². The number of ether oxygens (including phenoxy) is 3. The molecule has 0 atom stereocenters. The molecule has 4 aromatic carbocycles. The number of amides is 3. The van der Waals surface area contributed by atoms with Gasteiger partial charge in [0.15, 0.2) is 11.5 Å². The first kappa shape index (κ1) is 40.4. The number of nitrogens with zero attached hydrogens (tertiary/aromatic N) is 3. The zero-order chi connectivity index (χ0) is 40.5. The van der Waals surface area contributed by atoms with Crippen LogP contribution in [0.2, 0.25) is 0 Å². The Kier molecular flexibility index (Phi) is 12.8. The van der Waals surface area contributed by atoms with Crippen molar-refractivity contribution in [2.24, 2.45) is 0 Å². The highest BCUT2D eigenvalue weighted by molar-refractivity contribution is 6.09. The number of terminal acetylenes is 1. The lowest BCUT2D eigenvalue weighted by Gasteiger charge is -2.26.